The number of H-pyrrole nitrogens is 1. The van der Waals surface area contributed by atoms with E-state index in [1.807, 2.05) is 68.1 Å². The lowest BCUT2D eigenvalue weighted by Gasteiger charge is -2.38. The summed E-state index contributed by atoms with van der Waals surface area (Å²) in [6.07, 6.45) is -0.242. The van der Waals surface area contributed by atoms with Crippen molar-refractivity contribution in [3.05, 3.63) is 82.7 Å². The lowest BCUT2D eigenvalue weighted by atomic mass is 10.0. The molecule has 0 saturated carbocycles. The van der Waals surface area contributed by atoms with Crippen LogP contribution in [0.3, 0.4) is 0 Å². The summed E-state index contributed by atoms with van der Waals surface area (Å²) in [5.74, 6) is 0.0169. The zero-order valence-corrected chi connectivity index (χ0v) is 14.6. The maximum absolute atomic E-state index is 13.3. The summed E-state index contributed by atoms with van der Waals surface area (Å²) in [5, 5.41) is 3.55. The van der Waals surface area contributed by atoms with Gasteiger partial charge in [0.05, 0.1) is 5.56 Å². The van der Waals surface area contributed by atoms with Crippen LogP contribution in [0.2, 0.25) is 0 Å². The molecule has 2 heterocycles. The summed E-state index contributed by atoms with van der Waals surface area (Å²) in [4.78, 5) is 18.5. The number of rotatable bonds is 2. The van der Waals surface area contributed by atoms with Crippen molar-refractivity contribution in [1.29, 1.82) is 0 Å². The van der Waals surface area contributed by atoms with Crippen LogP contribution in [0, 0.1) is 20.8 Å². The predicted molar refractivity (Wildman–Crippen MR) is 101 cm³/mol. The molecule has 1 aliphatic rings. The molecule has 2 aromatic carbocycles. The molecule has 1 aromatic heterocycles. The topological polar surface area (TPSA) is 48.1 Å². The van der Waals surface area contributed by atoms with Crippen molar-refractivity contribution in [2.45, 2.75) is 26.9 Å². The smallest absolute Gasteiger partial charge is 0.262 e. The number of aryl methyl sites for hydroxylation is 3. The quantitative estimate of drug-likeness (QED) is 0.714. The summed E-state index contributed by atoms with van der Waals surface area (Å²) in [6.45, 7) is 6.12. The molecule has 0 bridgehead atoms. The van der Waals surface area contributed by atoms with Gasteiger partial charge < -0.3 is 10.3 Å². The Morgan fingerprint density at radius 3 is 2.48 bits per heavy atom. The average molecular weight is 331 g/mol. The van der Waals surface area contributed by atoms with Gasteiger partial charge in [-0.05, 0) is 56.7 Å². The molecule has 0 spiro atoms. The van der Waals surface area contributed by atoms with Crippen LogP contribution < -0.4 is 10.2 Å². The SMILES string of the molecule is Cc1cccc(N2C(=O)c3ccccc3N[C@@H]2c2cc(C)[nH]c2C)c1. The number of hydrogen-bond donors (Lipinski definition) is 2. The summed E-state index contributed by atoms with van der Waals surface area (Å²) < 4.78 is 0. The van der Waals surface area contributed by atoms with Gasteiger partial charge in [0.1, 0.15) is 6.17 Å². The second-order valence-electron chi connectivity index (χ2n) is 6.64. The van der Waals surface area contributed by atoms with Crippen molar-refractivity contribution >= 4 is 17.3 Å². The minimum absolute atomic E-state index is 0.0169. The monoisotopic (exact) mass is 331 g/mol. The van der Waals surface area contributed by atoms with E-state index in [2.05, 4.69) is 22.4 Å². The Bertz CT molecular complexity index is 957. The molecule has 3 aromatic rings. The average Bonchev–Trinajstić information content (AvgIpc) is 2.93. The zero-order chi connectivity index (χ0) is 17.6. The standard InChI is InChI=1S/C21H21N3O/c1-13-7-6-8-16(11-13)24-20(18-12-14(2)22-15(18)3)23-19-10-5-4-9-17(19)21(24)25/h4-12,20,22-23H,1-3H3/t20-/m0/s1. The van der Waals surface area contributed by atoms with Gasteiger partial charge in [-0.2, -0.15) is 0 Å². The lowest BCUT2D eigenvalue weighted by Crippen LogP contribution is -2.43. The number of carbonyl (C=O) groups is 1. The first kappa shape index (κ1) is 15.5. The van der Waals surface area contributed by atoms with Gasteiger partial charge in [0, 0.05) is 28.3 Å². The molecule has 4 heteroatoms. The predicted octanol–water partition coefficient (Wildman–Crippen LogP) is 4.71. The van der Waals surface area contributed by atoms with Gasteiger partial charge in [-0.3, -0.25) is 9.69 Å². The van der Waals surface area contributed by atoms with E-state index in [9.17, 15) is 4.79 Å². The lowest BCUT2D eigenvalue weighted by molar-refractivity contribution is 0.0975. The number of amides is 1. The Hall–Kier alpha value is -3.01. The minimum Gasteiger partial charge on any atom is -0.362 e. The van der Waals surface area contributed by atoms with E-state index in [0.717, 1.165) is 33.9 Å². The molecule has 0 radical (unpaired) electrons. The summed E-state index contributed by atoms with van der Waals surface area (Å²) in [6, 6.07) is 17.9. The molecule has 126 valence electrons. The van der Waals surface area contributed by atoms with Crippen LogP contribution in [0.15, 0.2) is 54.6 Å². The molecule has 4 rings (SSSR count). The van der Waals surface area contributed by atoms with Crippen molar-refractivity contribution in [3.8, 4) is 0 Å². The fourth-order valence-electron chi connectivity index (χ4n) is 3.54. The van der Waals surface area contributed by atoms with E-state index in [-0.39, 0.29) is 12.1 Å². The maximum atomic E-state index is 13.3. The molecule has 0 unspecified atom stereocenters. The van der Waals surface area contributed by atoms with Crippen LogP contribution in [0.1, 0.15) is 39.0 Å². The Kier molecular flexibility index (Phi) is 3.61. The second-order valence-corrected chi connectivity index (χ2v) is 6.64. The summed E-state index contributed by atoms with van der Waals surface area (Å²) in [5.41, 5.74) is 6.84. The van der Waals surface area contributed by atoms with Crippen molar-refractivity contribution in [2.75, 3.05) is 10.2 Å². The number of hydrogen-bond acceptors (Lipinski definition) is 2. The van der Waals surface area contributed by atoms with Gasteiger partial charge in [-0.25, -0.2) is 0 Å². The maximum Gasteiger partial charge on any atom is 0.262 e. The molecule has 0 fully saturated rings. The van der Waals surface area contributed by atoms with Gasteiger partial charge in [-0.1, -0.05) is 24.3 Å². The summed E-state index contributed by atoms with van der Waals surface area (Å²) in [7, 11) is 0. The number of aromatic amines is 1. The molecular weight excluding hydrogens is 310 g/mol. The second kappa shape index (κ2) is 5.81. The van der Waals surface area contributed by atoms with Crippen molar-refractivity contribution < 1.29 is 4.79 Å². The van der Waals surface area contributed by atoms with Crippen LogP contribution in [-0.2, 0) is 0 Å². The first-order chi connectivity index (χ1) is 12.0. The van der Waals surface area contributed by atoms with Crippen molar-refractivity contribution in [2.24, 2.45) is 0 Å². The fraction of sp³-hybridized carbons (Fsp3) is 0.190. The van der Waals surface area contributed by atoms with Crippen molar-refractivity contribution in [3.63, 3.8) is 0 Å². The van der Waals surface area contributed by atoms with Crippen LogP contribution in [0.4, 0.5) is 11.4 Å². The number of aromatic nitrogens is 1. The van der Waals surface area contributed by atoms with Crippen molar-refractivity contribution in [1.82, 2.24) is 4.98 Å². The highest BCUT2D eigenvalue weighted by Crippen LogP contribution is 2.37. The normalized spacial score (nSPS) is 16.5. The van der Waals surface area contributed by atoms with E-state index in [4.69, 9.17) is 0 Å². The third-order valence-corrected chi connectivity index (χ3v) is 4.69. The Morgan fingerprint density at radius 2 is 1.76 bits per heavy atom. The highest BCUT2D eigenvalue weighted by atomic mass is 16.2. The Labute approximate surface area is 147 Å². The Morgan fingerprint density at radius 1 is 0.960 bits per heavy atom. The van der Waals surface area contributed by atoms with E-state index >= 15 is 0 Å². The fourth-order valence-corrected chi connectivity index (χ4v) is 3.54. The van der Waals surface area contributed by atoms with Gasteiger partial charge in [0.25, 0.3) is 5.91 Å². The van der Waals surface area contributed by atoms with Crippen LogP contribution in [0.25, 0.3) is 0 Å². The third kappa shape index (κ3) is 2.60. The first-order valence-corrected chi connectivity index (χ1v) is 8.46. The van der Waals surface area contributed by atoms with Crippen LogP contribution in [-0.4, -0.2) is 10.9 Å². The molecule has 25 heavy (non-hydrogen) atoms. The van der Waals surface area contributed by atoms with E-state index in [0.29, 0.717) is 5.56 Å². The third-order valence-electron chi connectivity index (χ3n) is 4.69. The Balaban J connectivity index is 1.90. The summed E-state index contributed by atoms with van der Waals surface area (Å²) >= 11 is 0. The molecule has 1 aliphatic heterocycles. The number of nitrogens with zero attached hydrogens (tertiary/aromatic N) is 1. The molecule has 1 amide bonds. The van der Waals surface area contributed by atoms with Crippen LogP contribution in [0.5, 0.6) is 0 Å². The van der Waals surface area contributed by atoms with Gasteiger partial charge in [-0.15, -0.1) is 0 Å². The number of nitrogens with one attached hydrogen (secondary N) is 2. The number of para-hydroxylation sites is 1. The first-order valence-electron chi connectivity index (χ1n) is 8.46. The largest absolute Gasteiger partial charge is 0.362 e. The number of benzene rings is 2. The van der Waals surface area contributed by atoms with Gasteiger partial charge >= 0.3 is 0 Å². The molecule has 1 atom stereocenters. The molecule has 0 saturated heterocycles. The zero-order valence-electron chi connectivity index (χ0n) is 14.6. The van der Waals surface area contributed by atoms with E-state index < -0.39 is 0 Å². The highest BCUT2D eigenvalue weighted by Gasteiger charge is 2.35. The van der Waals surface area contributed by atoms with E-state index in [1.165, 1.54) is 0 Å². The minimum atomic E-state index is -0.242. The number of anilines is 2. The molecule has 0 aliphatic carbocycles. The molecular formula is C21H21N3O. The highest BCUT2D eigenvalue weighted by molar-refractivity contribution is 6.12. The van der Waals surface area contributed by atoms with Gasteiger partial charge in [0.15, 0.2) is 0 Å². The number of carbonyl (C=O) groups excluding carboxylic acids is 1. The molecule has 2 N–H and O–H groups in total. The van der Waals surface area contributed by atoms with Gasteiger partial charge in [0.2, 0.25) is 0 Å². The van der Waals surface area contributed by atoms with E-state index in [1.54, 1.807) is 0 Å². The number of fused-ring (bicyclic) bond motifs is 1. The molecule has 4 nitrogen and oxygen atoms in total. The van der Waals surface area contributed by atoms with Crippen LogP contribution >= 0.6 is 0 Å².